The van der Waals surface area contributed by atoms with Crippen molar-refractivity contribution < 1.29 is 14.4 Å². The summed E-state index contributed by atoms with van der Waals surface area (Å²) in [5, 5.41) is 16.7. The summed E-state index contributed by atoms with van der Waals surface area (Å²) >= 11 is 0. The summed E-state index contributed by atoms with van der Waals surface area (Å²) in [5.74, 6) is 1.66. The molecule has 2 unspecified atom stereocenters. The van der Waals surface area contributed by atoms with Crippen molar-refractivity contribution in [2.24, 2.45) is 0 Å². The van der Waals surface area contributed by atoms with E-state index in [1.165, 1.54) is 0 Å². The number of para-hydroxylation sites is 2. The van der Waals surface area contributed by atoms with Crippen LogP contribution >= 0.6 is 0 Å². The van der Waals surface area contributed by atoms with Gasteiger partial charge in [0.2, 0.25) is 11.8 Å². The lowest BCUT2D eigenvalue weighted by Gasteiger charge is -2.10. The Labute approximate surface area is 145 Å². The van der Waals surface area contributed by atoms with E-state index in [9.17, 15) is 5.11 Å². The molecule has 0 fully saturated rings. The molecule has 0 bridgehead atoms. The Balaban J connectivity index is 1.88. The molecule has 0 saturated heterocycles. The van der Waals surface area contributed by atoms with Gasteiger partial charge in [0.25, 0.3) is 0 Å². The van der Waals surface area contributed by atoms with E-state index >= 15 is 0 Å². The predicted octanol–water partition coefficient (Wildman–Crippen LogP) is 2.36. The van der Waals surface area contributed by atoms with Gasteiger partial charge in [-0.05, 0) is 32.9 Å². The van der Waals surface area contributed by atoms with Crippen molar-refractivity contribution in [2.75, 3.05) is 18.5 Å². The summed E-state index contributed by atoms with van der Waals surface area (Å²) < 4.78 is 12.8. The molecule has 2 N–H and O–H groups in total. The van der Waals surface area contributed by atoms with Crippen LogP contribution in [0.2, 0.25) is 0 Å². The smallest absolute Gasteiger partial charge is 0.246 e. The quantitative estimate of drug-likeness (QED) is 0.646. The number of rotatable bonds is 8. The molecule has 0 amide bonds. The lowest BCUT2D eigenvalue weighted by Crippen LogP contribution is -2.18. The third-order valence-electron chi connectivity index (χ3n) is 3.77. The zero-order valence-corrected chi connectivity index (χ0v) is 14.6. The number of hydrogen-bond acceptors (Lipinski definition) is 7. The molecule has 0 saturated carbocycles. The lowest BCUT2D eigenvalue weighted by atomic mass is 10.3. The van der Waals surface area contributed by atoms with Crippen LogP contribution in [0.3, 0.4) is 0 Å². The SMILES string of the molecule is CCOC(C)c1noc(Cn2c(NCC(C)O)nc3ccccc32)n1. The van der Waals surface area contributed by atoms with E-state index in [1.54, 1.807) is 6.92 Å². The zero-order valence-electron chi connectivity index (χ0n) is 14.6. The highest BCUT2D eigenvalue weighted by Gasteiger charge is 2.17. The van der Waals surface area contributed by atoms with E-state index in [0.717, 1.165) is 11.0 Å². The Morgan fingerprint density at radius 3 is 2.84 bits per heavy atom. The third-order valence-corrected chi connectivity index (χ3v) is 3.77. The van der Waals surface area contributed by atoms with Crippen LogP contribution in [0.15, 0.2) is 28.8 Å². The van der Waals surface area contributed by atoms with Gasteiger partial charge in [0.1, 0.15) is 12.6 Å². The molecule has 0 aliphatic carbocycles. The fourth-order valence-electron chi connectivity index (χ4n) is 2.57. The molecule has 2 heterocycles. The van der Waals surface area contributed by atoms with Gasteiger partial charge in [-0.1, -0.05) is 17.3 Å². The first-order valence-corrected chi connectivity index (χ1v) is 8.39. The van der Waals surface area contributed by atoms with Crippen molar-refractivity contribution in [3.63, 3.8) is 0 Å². The maximum atomic E-state index is 9.53. The number of anilines is 1. The van der Waals surface area contributed by atoms with Gasteiger partial charge in [0.05, 0.1) is 17.1 Å². The van der Waals surface area contributed by atoms with Crippen molar-refractivity contribution >= 4 is 17.0 Å². The van der Waals surface area contributed by atoms with E-state index in [0.29, 0.717) is 37.4 Å². The van der Waals surface area contributed by atoms with Gasteiger partial charge in [-0.2, -0.15) is 4.98 Å². The van der Waals surface area contributed by atoms with Crippen molar-refractivity contribution in [3.8, 4) is 0 Å². The fourth-order valence-corrected chi connectivity index (χ4v) is 2.57. The van der Waals surface area contributed by atoms with Crippen LogP contribution in [0.1, 0.15) is 38.6 Å². The predicted molar refractivity (Wildman–Crippen MR) is 93.3 cm³/mol. The van der Waals surface area contributed by atoms with Crippen LogP contribution in [0.5, 0.6) is 0 Å². The topological polar surface area (TPSA) is 98.2 Å². The molecule has 0 radical (unpaired) electrons. The molecule has 1 aromatic carbocycles. The highest BCUT2D eigenvalue weighted by molar-refractivity contribution is 5.78. The first kappa shape index (κ1) is 17.4. The van der Waals surface area contributed by atoms with E-state index in [2.05, 4.69) is 20.4 Å². The van der Waals surface area contributed by atoms with Crippen LogP contribution in [-0.2, 0) is 11.3 Å². The standard InChI is InChI=1S/C17H23N5O3/c1-4-24-12(3)16-20-15(25-21-16)10-22-14-8-6-5-7-13(14)19-17(22)18-9-11(2)23/h5-8,11-12,23H,4,9-10H2,1-3H3,(H,18,19). The summed E-state index contributed by atoms with van der Waals surface area (Å²) in [6.07, 6.45) is -0.690. The number of aliphatic hydroxyl groups excluding tert-OH is 1. The first-order chi connectivity index (χ1) is 12.1. The van der Waals surface area contributed by atoms with Crippen molar-refractivity contribution in [1.82, 2.24) is 19.7 Å². The Bertz CT molecular complexity index is 827. The molecule has 2 atom stereocenters. The summed E-state index contributed by atoms with van der Waals surface area (Å²) in [5.41, 5.74) is 1.81. The maximum absolute atomic E-state index is 9.53. The summed E-state index contributed by atoms with van der Waals surface area (Å²) in [6, 6.07) is 7.81. The average molecular weight is 345 g/mol. The van der Waals surface area contributed by atoms with Gasteiger partial charge in [0, 0.05) is 13.2 Å². The Hall–Kier alpha value is -2.45. The number of aromatic nitrogens is 4. The second kappa shape index (κ2) is 7.62. The molecule has 0 spiro atoms. The molecule has 0 aliphatic heterocycles. The Kier molecular flexibility index (Phi) is 5.30. The number of hydrogen-bond donors (Lipinski definition) is 2. The van der Waals surface area contributed by atoms with Crippen LogP contribution in [0, 0.1) is 0 Å². The fraction of sp³-hybridized carbons (Fsp3) is 0.471. The first-order valence-electron chi connectivity index (χ1n) is 8.39. The highest BCUT2D eigenvalue weighted by Crippen LogP contribution is 2.21. The van der Waals surface area contributed by atoms with Crippen molar-refractivity contribution in [2.45, 2.75) is 39.5 Å². The number of aliphatic hydroxyl groups is 1. The second-order valence-electron chi connectivity index (χ2n) is 5.88. The summed E-state index contributed by atoms with van der Waals surface area (Å²) in [4.78, 5) is 9.00. The van der Waals surface area contributed by atoms with Gasteiger partial charge in [-0.15, -0.1) is 0 Å². The number of nitrogens with zero attached hydrogens (tertiary/aromatic N) is 4. The zero-order chi connectivity index (χ0) is 17.8. The minimum Gasteiger partial charge on any atom is -0.392 e. The molecular formula is C17H23N5O3. The minimum absolute atomic E-state index is 0.213. The van der Waals surface area contributed by atoms with Gasteiger partial charge in [-0.3, -0.25) is 0 Å². The number of nitrogens with one attached hydrogen (secondary N) is 1. The van der Waals surface area contributed by atoms with E-state index < -0.39 is 6.10 Å². The molecule has 2 aromatic heterocycles. The largest absolute Gasteiger partial charge is 0.392 e. The van der Waals surface area contributed by atoms with E-state index in [4.69, 9.17) is 9.26 Å². The van der Waals surface area contributed by atoms with Gasteiger partial charge in [0.15, 0.2) is 5.82 Å². The molecule has 25 heavy (non-hydrogen) atoms. The molecule has 0 aliphatic rings. The van der Waals surface area contributed by atoms with Crippen LogP contribution in [-0.4, -0.2) is 44.1 Å². The van der Waals surface area contributed by atoms with Crippen LogP contribution in [0.25, 0.3) is 11.0 Å². The number of fused-ring (bicyclic) bond motifs is 1. The summed E-state index contributed by atoms with van der Waals surface area (Å²) in [7, 11) is 0. The van der Waals surface area contributed by atoms with Crippen molar-refractivity contribution in [1.29, 1.82) is 0 Å². The van der Waals surface area contributed by atoms with Crippen LogP contribution < -0.4 is 5.32 Å². The third kappa shape index (κ3) is 3.97. The molecule has 134 valence electrons. The van der Waals surface area contributed by atoms with Crippen molar-refractivity contribution in [3.05, 3.63) is 36.0 Å². The van der Waals surface area contributed by atoms with Gasteiger partial charge >= 0.3 is 0 Å². The Morgan fingerprint density at radius 2 is 2.08 bits per heavy atom. The van der Waals surface area contributed by atoms with E-state index in [1.807, 2.05) is 42.7 Å². The molecular weight excluding hydrogens is 322 g/mol. The lowest BCUT2D eigenvalue weighted by molar-refractivity contribution is 0.0683. The van der Waals surface area contributed by atoms with Gasteiger partial charge < -0.3 is 24.3 Å². The minimum atomic E-state index is -0.477. The molecule has 8 heteroatoms. The van der Waals surface area contributed by atoms with E-state index in [-0.39, 0.29) is 6.10 Å². The number of ether oxygens (including phenoxy) is 1. The normalized spacial score (nSPS) is 13.9. The molecule has 3 aromatic rings. The van der Waals surface area contributed by atoms with Crippen LogP contribution in [0.4, 0.5) is 5.95 Å². The maximum Gasteiger partial charge on any atom is 0.246 e. The molecule has 3 rings (SSSR count). The average Bonchev–Trinajstić information content (AvgIpc) is 3.19. The number of benzene rings is 1. The second-order valence-corrected chi connectivity index (χ2v) is 5.88. The summed E-state index contributed by atoms with van der Waals surface area (Å²) in [6.45, 7) is 6.91. The van der Waals surface area contributed by atoms with Gasteiger partial charge in [-0.25, -0.2) is 4.98 Å². The Morgan fingerprint density at radius 1 is 1.28 bits per heavy atom. The highest BCUT2D eigenvalue weighted by atomic mass is 16.5. The molecule has 8 nitrogen and oxygen atoms in total. The monoisotopic (exact) mass is 345 g/mol. The number of imidazole rings is 1.